The van der Waals surface area contributed by atoms with Gasteiger partial charge in [0.1, 0.15) is 23.9 Å². The molecule has 2 saturated heterocycles. The summed E-state index contributed by atoms with van der Waals surface area (Å²) in [5.41, 5.74) is -3.18. The van der Waals surface area contributed by atoms with Gasteiger partial charge in [-0.2, -0.15) is 0 Å². The molecule has 3 aliphatic rings. The van der Waals surface area contributed by atoms with Gasteiger partial charge in [0.25, 0.3) is 11.6 Å². The zero-order valence-electron chi connectivity index (χ0n) is 11.6. The molecule has 1 aromatic carbocycles. The lowest BCUT2D eigenvalue weighted by Crippen LogP contribution is -2.59. The van der Waals surface area contributed by atoms with E-state index in [0.717, 1.165) is 4.90 Å². The summed E-state index contributed by atoms with van der Waals surface area (Å²) in [5, 5.41) is 33.5. The lowest BCUT2D eigenvalue weighted by atomic mass is 9.83. The SMILES string of the molecule is CC1(O)c2ccccc2N2C(=O)NC(=O)C23OC1C(O)C3O. The quantitative estimate of drug-likeness (QED) is 0.446. The first-order valence-corrected chi connectivity index (χ1v) is 6.83. The fourth-order valence-corrected chi connectivity index (χ4v) is 3.58. The van der Waals surface area contributed by atoms with Crippen LogP contribution in [0.5, 0.6) is 0 Å². The number of rotatable bonds is 0. The van der Waals surface area contributed by atoms with E-state index >= 15 is 0 Å². The molecular weight excluding hydrogens is 292 g/mol. The van der Waals surface area contributed by atoms with Crippen LogP contribution in [0.1, 0.15) is 12.5 Å². The number of hydrogen-bond acceptors (Lipinski definition) is 6. The summed E-state index contributed by atoms with van der Waals surface area (Å²) in [5.74, 6) is -0.862. The maximum Gasteiger partial charge on any atom is 0.331 e. The number of nitrogens with one attached hydrogen (secondary N) is 1. The van der Waals surface area contributed by atoms with Crippen molar-refractivity contribution in [1.29, 1.82) is 0 Å². The van der Waals surface area contributed by atoms with Crippen LogP contribution >= 0.6 is 0 Å². The number of urea groups is 1. The Kier molecular flexibility index (Phi) is 2.39. The van der Waals surface area contributed by atoms with Crippen LogP contribution in [-0.4, -0.2) is 51.3 Å². The number of benzene rings is 1. The molecule has 2 fully saturated rings. The number of imide groups is 1. The van der Waals surface area contributed by atoms with Gasteiger partial charge in [-0.25, -0.2) is 4.79 Å². The molecule has 1 aromatic rings. The first kappa shape index (κ1) is 13.6. The number of carbonyl (C=O) groups excluding carboxylic acids is 2. The third-order valence-corrected chi connectivity index (χ3v) is 4.67. The largest absolute Gasteiger partial charge is 0.387 e. The molecule has 5 unspecified atom stereocenters. The molecule has 2 bridgehead atoms. The maximum atomic E-state index is 12.3. The van der Waals surface area contributed by atoms with Gasteiger partial charge in [-0.15, -0.1) is 0 Å². The highest BCUT2D eigenvalue weighted by molar-refractivity contribution is 6.17. The van der Waals surface area contributed by atoms with Gasteiger partial charge in [0.2, 0.25) is 0 Å². The van der Waals surface area contributed by atoms with E-state index in [1.807, 2.05) is 0 Å². The van der Waals surface area contributed by atoms with Gasteiger partial charge in [0.05, 0.1) is 5.69 Å². The minimum absolute atomic E-state index is 0.254. The van der Waals surface area contributed by atoms with Crippen LogP contribution in [-0.2, 0) is 15.1 Å². The molecule has 3 aliphatic heterocycles. The highest BCUT2D eigenvalue weighted by Gasteiger charge is 2.72. The van der Waals surface area contributed by atoms with Crippen LogP contribution in [0, 0.1) is 0 Å². The number of carbonyl (C=O) groups is 2. The summed E-state index contributed by atoms with van der Waals surface area (Å²) in [4.78, 5) is 25.5. The van der Waals surface area contributed by atoms with Crippen LogP contribution in [0.25, 0.3) is 0 Å². The number of ether oxygens (including phenoxy) is 1. The van der Waals surface area contributed by atoms with Crippen molar-refractivity contribution in [2.45, 2.75) is 36.6 Å². The smallest absolute Gasteiger partial charge is 0.331 e. The highest BCUT2D eigenvalue weighted by Crippen LogP contribution is 2.51. The Hall–Kier alpha value is -2.00. The Morgan fingerprint density at radius 3 is 2.68 bits per heavy atom. The number of amides is 3. The van der Waals surface area contributed by atoms with E-state index in [0.29, 0.717) is 5.56 Å². The zero-order valence-corrected chi connectivity index (χ0v) is 11.6. The van der Waals surface area contributed by atoms with Crippen molar-refractivity contribution in [2.75, 3.05) is 4.90 Å². The number of para-hydroxylation sites is 1. The Balaban J connectivity index is 2.08. The number of aliphatic hydroxyl groups is 3. The first-order chi connectivity index (χ1) is 10.3. The van der Waals surface area contributed by atoms with Crippen LogP contribution in [0.3, 0.4) is 0 Å². The van der Waals surface area contributed by atoms with E-state index in [1.165, 1.54) is 6.92 Å². The standard InChI is InChI=1S/C14H14N2O6/c1-13(21)6-4-2-3-5-7(6)16-12(20)15-11(19)14(16)9(18)8(17)10(13)22-14/h2-5,8-10,17-18,21H,1H3,(H,15,19,20). The molecule has 4 N–H and O–H groups in total. The van der Waals surface area contributed by atoms with E-state index in [9.17, 15) is 24.9 Å². The van der Waals surface area contributed by atoms with Crippen molar-refractivity contribution in [3.8, 4) is 0 Å². The molecule has 4 rings (SSSR count). The monoisotopic (exact) mass is 306 g/mol. The lowest BCUT2D eigenvalue weighted by Gasteiger charge is -2.35. The molecule has 3 heterocycles. The number of aliphatic hydroxyl groups excluding tert-OH is 2. The summed E-state index contributed by atoms with van der Waals surface area (Å²) in [7, 11) is 0. The van der Waals surface area contributed by atoms with Crippen molar-refractivity contribution in [2.24, 2.45) is 0 Å². The average Bonchev–Trinajstić information content (AvgIpc) is 2.84. The van der Waals surface area contributed by atoms with E-state index in [2.05, 4.69) is 5.32 Å². The summed E-state index contributed by atoms with van der Waals surface area (Å²) >= 11 is 0. The van der Waals surface area contributed by atoms with Gasteiger partial charge in [-0.1, -0.05) is 18.2 Å². The molecular formula is C14H14N2O6. The van der Waals surface area contributed by atoms with Crippen LogP contribution < -0.4 is 10.2 Å². The number of fused-ring (bicyclic) bond motifs is 3. The van der Waals surface area contributed by atoms with Gasteiger partial charge in [-0.05, 0) is 13.0 Å². The predicted octanol–water partition coefficient (Wildman–Crippen LogP) is -1.22. The minimum atomic E-state index is -2.07. The zero-order chi connectivity index (χ0) is 15.9. The molecule has 22 heavy (non-hydrogen) atoms. The molecule has 8 heteroatoms. The molecule has 0 aliphatic carbocycles. The van der Waals surface area contributed by atoms with E-state index in [1.54, 1.807) is 24.3 Å². The average molecular weight is 306 g/mol. The number of nitrogens with zero attached hydrogens (tertiary/aromatic N) is 1. The van der Waals surface area contributed by atoms with Gasteiger partial charge in [0.15, 0.2) is 0 Å². The molecule has 0 radical (unpaired) electrons. The van der Waals surface area contributed by atoms with Crippen molar-refractivity contribution in [3.05, 3.63) is 29.8 Å². The second kappa shape index (κ2) is 3.85. The first-order valence-electron chi connectivity index (χ1n) is 6.83. The Morgan fingerprint density at radius 2 is 1.95 bits per heavy atom. The van der Waals surface area contributed by atoms with Crippen molar-refractivity contribution in [1.82, 2.24) is 5.32 Å². The summed E-state index contributed by atoms with van der Waals surface area (Å²) < 4.78 is 5.58. The second-order valence-corrected chi connectivity index (χ2v) is 5.93. The molecule has 1 spiro atoms. The summed E-state index contributed by atoms with van der Waals surface area (Å²) in [6.07, 6.45) is -4.46. The van der Waals surface area contributed by atoms with Gasteiger partial charge < -0.3 is 20.1 Å². The third kappa shape index (κ3) is 1.27. The molecule has 0 aromatic heterocycles. The summed E-state index contributed by atoms with van der Waals surface area (Å²) in [6.45, 7) is 1.41. The van der Waals surface area contributed by atoms with Crippen molar-refractivity contribution in [3.63, 3.8) is 0 Å². The summed E-state index contributed by atoms with van der Waals surface area (Å²) in [6, 6.07) is 5.66. The van der Waals surface area contributed by atoms with Gasteiger partial charge in [-0.3, -0.25) is 15.0 Å². The van der Waals surface area contributed by atoms with Crippen LogP contribution in [0.2, 0.25) is 0 Å². The predicted molar refractivity (Wildman–Crippen MR) is 71.6 cm³/mol. The lowest BCUT2D eigenvalue weighted by molar-refractivity contribution is -0.162. The van der Waals surface area contributed by atoms with E-state index in [4.69, 9.17) is 4.74 Å². The minimum Gasteiger partial charge on any atom is -0.387 e. The Bertz CT molecular complexity index is 704. The third-order valence-electron chi connectivity index (χ3n) is 4.67. The number of hydrogen-bond donors (Lipinski definition) is 4. The van der Waals surface area contributed by atoms with Crippen LogP contribution in [0.4, 0.5) is 10.5 Å². The molecule has 0 saturated carbocycles. The fourth-order valence-electron chi connectivity index (χ4n) is 3.58. The van der Waals surface area contributed by atoms with Crippen molar-refractivity contribution >= 4 is 17.6 Å². The van der Waals surface area contributed by atoms with Crippen LogP contribution in [0.15, 0.2) is 24.3 Å². The fraction of sp³-hybridized carbons (Fsp3) is 0.429. The molecule has 116 valence electrons. The topological polar surface area (TPSA) is 119 Å². The Labute approximate surface area is 124 Å². The van der Waals surface area contributed by atoms with E-state index < -0.39 is 41.6 Å². The van der Waals surface area contributed by atoms with E-state index in [-0.39, 0.29) is 5.69 Å². The van der Waals surface area contributed by atoms with Gasteiger partial charge in [0, 0.05) is 5.56 Å². The second-order valence-electron chi connectivity index (χ2n) is 5.93. The maximum absolute atomic E-state index is 12.3. The van der Waals surface area contributed by atoms with Gasteiger partial charge >= 0.3 is 6.03 Å². The number of anilines is 1. The molecule has 5 atom stereocenters. The normalized spacial score (nSPS) is 42.7. The highest BCUT2D eigenvalue weighted by atomic mass is 16.6. The molecule has 8 nitrogen and oxygen atoms in total. The van der Waals surface area contributed by atoms with Crippen molar-refractivity contribution < 1.29 is 29.6 Å². The molecule has 3 amide bonds. The Morgan fingerprint density at radius 1 is 1.27 bits per heavy atom.